The van der Waals surface area contributed by atoms with E-state index in [4.69, 9.17) is 15.6 Å². The van der Waals surface area contributed by atoms with Crippen molar-refractivity contribution in [2.24, 2.45) is 5.73 Å². The van der Waals surface area contributed by atoms with Crippen molar-refractivity contribution in [1.29, 1.82) is 0 Å². The predicted octanol–water partition coefficient (Wildman–Crippen LogP) is -0.328. The van der Waals surface area contributed by atoms with Crippen molar-refractivity contribution in [2.75, 3.05) is 20.3 Å². The van der Waals surface area contributed by atoms with Gasteiger partial charge in [0.1, 0.15) is 6.54 Å². The Hall–Kier alpha value is -1.14. The molecule has 0 bridgehead atoms. The van der Waals surface area contributed by atoms with E-state index < -0.39 is 12.0 Å². The smallest absolute Gasteiger partial charge is 0.323 e. The van der Waals surface area contributed by atoms with Crippen molar-refractivity contribution in [3.8, 4) is 0 Å². The van der Waals surface area contributed by atoms with Gasteiger partial charge in [0.15, 0.2) is 0 Å². The molecule has 6 nitrogen and oxygen atoms in total. The standard InChI is InChI=1S/C10H20N2O4/c1-7(2)12(6-9(13)14)10(15)8(11)4-5-16-3/h7-8H,4-6,11H2,1-3H3,(H,13,14). The molecule has 94 valence electrons. The number of rotatable bonds is 7. The van der Waals surface area contributed by atoms with Crippen LogP contribution in [-0.4, -0.2) is 54.2 Å². The summed E-state index contributed by atoms with van der Waals surface area (Å²) < 4.78 is 4.82. The molecule has 0 aromatic heterocycles. The van der Waals surface area contributed by atoms with Crippen LogP contribution in [-0.2, 0) is 14.3 Å². The molecule has 1 amide bonds. The lowest BCUT2D eigenvalue weighted by molar-refractivity contribution is -0.146. The molecule has 0 saturated heterocycles. The zero-order valence-electron chi connectivity index (χ0n) is 9.97. The fourth-order valence-corrected chi connectivity index (χ4v) is 1.24. The van der Waals surface area contributed by atoms with Crippen LogP contribution in [0.3, 0.4) is 0 Å². The van der Waals surface area contributed by atoms with Gasteiger partial charge in [-0.3, -0.25) is 9.59 Å². The molecule has 3 N–H and O–H groups in total. The first kappa shape index (κ1) is 14.9. The van der Waals surface area contributed by atoms with Crippen LogP contribution in [0.1, 0.15) is 20.3 Å². The first-order valence-electron chi connectivity index (χ1n) is 5.17. The van der Waals surface area contributed by atoms with Gasteiger partial charge >= 0.3 is 5.97 Å². The number of carboxylic acids is 1. The summed E-state index contributed by atoms with van der Waals surface area (Å²) in [6.45, 7) is 3.57. The van der Waals surface area contributed by atoms with Crippen molar-refractivity contribution in [1.82, 2.24) is 4.90 Å². The highest BCUT2D eigenvalue weighted by Gasteiger charge is 2.24. The van der Waals surface area contributed by atoms with E-state index in [1.54, 1.807) is 13.8 Å². The zero-order chi connectivity index (χ0) is 12.7. The van der Waals surface area contributed by atoms with E-state index in [2.05, 4.69) is 0 Å². The van der Waals surface area contributed by atoms with Gasteiger partial charge in [-0.05, 0) is 20.3 Å². The normalized spacial score (nSPS) is 12.6. The molecule has 1 atom stereocenters. The second-order valence-corrected chi connectivity index (χ2v) is 3.84. The third-order valence-electron chi connectivity index (χ3n) is 2.16. The lowest BCUT2D eigenvalue weighted by Gasteiger charge is -2.27. The van der Waals surface area contributed by atoms with Crippen molar-refractivity contribution in [2.45, 2.75) is 32.4 Å². The average Bonchev–Trinajstić information content (AvgIpc) is 2.20. The summed E-state index contributed by atoms with van der Waals surface area (Å²) >= 11 is 0. The Balaban J connectivity index is 4.42. The Kier molecular flexibility index (Phi) is 6.67. The molecule has 0 spiro atoms. The largest absolute Gasteiger partial charge is 0.480 e. The molecule has 0 heterocycles. The van der Waals surface area contributed by atoms with Gasteiger partial charge in [0.2, 0.25) is 5.91 Å². The summed E-state index contributed by atoms with van der Waals surface area (Å²) in [5.74, 6) is -1.39. The number of methoxy groups -OCH3 is 1. The van der Waals surface area contributed by atoms with Crippen molar-refractivity contribution < 1.29 is 19.4 Å². The lowest BCUT2D eigenvalue weighted by Crippen LogP contribution is -2.49. The van der Waals surface area contributed by atoms with E-state index in [-0.39, 0.29) is 18.5 Å². The maximum atomic E-state index is 11.8. The quantitative estimate of drug-likeness (QED) is 0.627. The Bertz CT molecular complexity index is 243. The zero-order valence-corrected chi connectivity index (χ0v) is 9.97. The predicted molar refractivity (Wildman–Crippen MR) is 59.0 cm³/mol. The topological polar surface area (TPSA) is 92.9 Å². The van der Waals surface area contributed by atoms with Crippen LogP contribution in [0.5, 0.6) is 0 Å². The van der Waals surface area contributed by atoms with Crippen molar-refractivity contribution >= 4 is 11.9 Å². The number of hydrogen-bond acceptors (Lipinski definition) is 4. The monoisotopic (exact) mass is 232 g/mol. The van der Waals surface area contributed by atoms with Crippen LogP contribution in [0.25, 0.3) is 0 Å². The van der Waals surface area contributed by atoms with E-state index >= 15 is 0 Å². The molecule has 0 aromatic carbocycles. The van der Waals surface area contributed by atoms with Crippen LogP contribution >= 0.6 is 0 Å². The third kappa shape index (κ3) is 5.09. The molecule has 6 heteroatoms. The van der Waals surface area contributed by atoms with Gasteiger partial charge in [-0.25, -0.2) is 0 Å². The van der Waals surface area contributed by atoms with E-state index in [9.17, 15) is 9.59 Å². The van der Waals surface area contributed by atoms with Gasteiger partial charge in [-0.1, -0.05) is 0 Å². The Morgan fingerprint density at radius 1 is 1.44 bits per heavy atom. The van der Waals surface area contributed by atoms with Gasteiger partial charge in [0, 0.05) is 19.8 Å². The molecule has 0 saturated carbocycles. The van der Waals surface area contributed by atoms with Gasteiger partial charge in [-0.2, -0.15) is 0 Å². The molecule has 0 aliphatic heterocycles. The van der Waals surface area contributed by atoms with Crippen LogP contribution in [0.4, 0.5) is 0 Å². The van der Waals surface area contributed by atoms with E-state index in [1.807, 2.05) is 0 Å². The first-order valence-corrected chi connectivity index (χ1v) is 5.17. The summed E-state index contributed by atoms with van der Waals surface area (Å²) in [4.78, 5) is 23.7. The second-order valence-electron chi connectivity index (χ2n) is 3.84. The Morgan fingerprint density at radius 2 is 2.00 bits per heavy atom. The summed E-state index contributed by atoms with van der Waals surface area (Å²) in [5, 5.41) is 8.68. The molecule has 1 unspecified atom stereocenters. The van der Waals surface area contributed by atoms with Crippen LogP contribution in [0.15, 0.2) is 0 Å². The number of carbonyl (C=O) groups excluding carboxylic acids is 1. The number of carboxylic acid groups (broad SMARTS) is 1. The molecule has 0 radical (unpaired) electrons. The molecular formula is C10H20N2O4. The minimum absolute atomic E-state index is 0.183. The van der Waals surface area contributed by atoms with Gasteiger partial charge in [0.25, 0.3) is 0 Å². The molecule has 0 aromatic rings. The fourth-order valence-electron chi connectivity index (χ4n) is 1.24. The summed E-state index contributed by atoms with van der Waals surface area (Å²) in [6.07, 6.45) is 0.387. The summed E-state index contributed by atoms with van der Waals surface area (Å²) in [5.41, 5.74) is 5.65. The minimum atomic E-state index is -1.04. The number of nitrogens with zero attached hydrogens (tertiary/aromatic N) is 1. The summed E-state index contributed by atoms with van der Waals surface area (Å²) in [7, 11) is 1.52. The van der Waals surface area contributed by atoms with Crippen LogP contribution in [0.2, 0.25) is 0 Å². The number of aliphatic carboxylic acids is 1. The highest BCUT2D eigenvalue weighted by molar-refractivity contribution is 5.85. The van der Waals surface area contributed by atoms with Crippen molar-refractivity contribution in [3.63, 3.8) is 0 Å². The number of amides is 1. The first-order chi connectivity index (χ1) is 7.40. The SMILES string of the molecule is COCCC(N)C(=O)N(CC(=O)O)C(C)C. The third-order valence-corrected chi connectivity index (χ3v) is 2.16. The lowest BCUT2D eigenvalue weighted by atomic mass is 10.1. The highest BCUT2D eigenvalue weighted by atomic mass is 16.5. The fraction of sp³-hybridized carbons (Fsp3) is 0.800. The Labute approximate surface area is 95.4 Å². The van der Waals surface area contributed by atoms with E-state index in [1.165, 1.54) is 12.0 Å². The molecule has 0 aliphatic carbocycles. The molecule has 0 fully saturated rings. The van der Waals surface area contributed by atoms with E-state index in [0.29, 0.717) is 13.0 Å². The van der Waals surface area contributed by atoms with Gasteiger partial charge in [0.05, 0.1) is 6.04 Å². The summed E-state index contributed by atoms with van der Waals surface area (Å²) in [6, 6.07) is -0.890. The van der Waals surface area contributed by atoms with Crippen molar-refractivity contribution in [3.05, 3.63) is 0 Å². The number of carbonyl (C=O) groups is 2. The minimum Gasteiger partial charge on any atom is -0.480 e. The Morgan fingerprint density at radius 3 is 2.38 bits per heavy atom. The second kappa shape index (κ2) is 7.19. The number of hydrogen-bond donors (Lipinski definition) is 2. The maximum Gasteiger partial charge on any atom is 0.323 e. The van der Waals surface area contributed by atoms with Crippen LogP contribution < -0.4 is 5.73 Å². The highest BCUT2D eigenvalue weighted by Crippen LogP contribution is 2.03. The van der Waals surface area contributed by atoms with E-state index in [0.717, 1.165) is 0 Å². The number of nitrogens with two attached hydrogens (primary N) is 1. The maximum absolute atomic E-state index is 11.8. The van der Waals surface area contributed by atoms with Gasteiger partial charge in [-0.15, -0.1) is 0 Å². The molecule has 0 aliphatic rings. The molecule has 16 heavy (non-hydrogen) atoms. The molecular weight excluding hydrogens is 212 g/mol. The van der Waals surface area contributed by atoms with Gasteiger partial charge < -0.3 is 20.5 Å². The van der Waals surface area contributed by atoms with Crippen LogP contribution in [0, 0.1) is 0 Å². The number of ether oxygens (including phenoxy) is 1. The average molecular weight is 232 g/mol. The molecule has 0 rings (SSSR count).